The predicted molar refractivity (Wildman–Crippen MR) is 80.4 cm³/mol. The van der Waals surface area contributed by atoms with Gasteiger partial charge in [0.15, 0.2) is 0 Å². The number of hydrogen-bond acceptors (Lipinski definition) is 3. The summed E-state index contributed by atoms with van der Waals surface area (Å²) in [5, 5.41) is 16.7. The topological polar surface area (TPSA) is 72.1 Å². The minimum Gasteiger partial charge on any atom is -0.394 e. The zero-order valence-electron chi connectivity index (χ0n) is 12.7. The van der Waals surface area contributed by atoms with Crippen LogP contribution in [0.5, 0.6) is 0 Å². The zero-order chi connectivity index (χ0) is 15.5. The van der Waals surface area contributed by atoms with Gasteiger partial charge in [-0.15, -0.1) is 0 Å². The average Bonchev–Trinajstić information content (AvgIpc) is 3.13. The van der Waals surface area contributed by atoms with E-state index in [2.05, 4.69) is 10.4 Å². The lowest BCUT2D eigenvalue weighted by Crippen LogP contribution is -2.50. The number of carbonyl (C=O) groups excluding carboxylic acids is 1. The highest BCUT2D eigenvalue weighted by molar-refractivity contribution is 5.97. The maximum Gasteiger partial charge on any atom is 0.257 e. The van der Waals surface area contributed by atoms with Crippen LogP contribution in [-0.4, -0.2) is 37.5 Å². The number of nitrogens with one attached hydrogen (secondary N) is 1. The van der Waals surface area contributed by atoms with E-state index in [4.69, 9.17) is 0 Å². The average molecular weight is 290 g/mol. The fraction of sp³-hybridized carbons (Fsp3) is 0.467. The molecule has 0 fully saturated rings. The van der Waals surface area contributed by atoms with Gasteiger partial charge in [-0.1, -0.05) is 13.8 Å². The van der Waals surface area contributed by atoms with Gasteiger partial charge in [0.05, 0.1) is 18.3 Å². The Hall–Kier alpha value is -2.08. The second-order valence-corrected chi connectivity index (χ2v) is 5.20. The maximum absolute atomic E-state index is 12.6. The van der Waals surface area contributed by atoms with Crippen LogP contribution in [0.4, 0.5) is 0 Å². The quantitative estimate of drug-likeness (QED) is 0.846. The van der Waals surface area contributed by atoms with E-state index in [1.54, 1.807) is 17.9 Å². The molecule has 2 aromatic rings. The first-order valence-corrected chi connectivity index (χ1v) is 7.15. The van der Waals surface area contributed by atoms with Crippen LogP contribution in [0.2, 0.25) is 0 Å². The molecule has 2 rings (SSSR count). The number of aliphatic hydroxyl groups excluding tert-OH is 1. The van der Waals surface area contributed by atoms with E-state index < -0.39 is 5.54 Å². The third kappa shape index (κ3) is 2.85. The lowest BCUT2D eigenvalue weighted by atomic mass is 9.93. The van der Waals surface area contributed by atoms with E-state index in [0.29, 0.717) is 24.2 Å². The van der Waals surface area contributed by atoms with E-state index in [-0.39, 0.29) is 12.5 Å². The van der Waals surface area contributed by atoms with Crippen molar-refractivity contribution in [3.63, 3.8) is 0 Å². The molecule has 21 heavy (non-hydrogen) atoms. The van der Waals surface area contributed by atoms with Gasteiger partial charge < -0.3 is 15.0 Å². The van der Waals surface area contributed by atoms with Gasteiger partial charge in [-0.25, -0.2) is 0 Å². The highest BCUT2D eigenvalue weighted by Gasteiger charge is 2.29. The summed E-state index contributed by atoms with van der Waals surface area (Å²) in [6, 6.07) is 3.79. The molecule has 2 heterocycles. The molecule has 0 saturated carbocycles. The lowest BCUT2D eigenvalue weighted by molar-refractivity contribution is 0.0818. The maximum atomic E-state index is 12.6. The molecule has 0 saturated heterocycles. The first-order valence-electron chi connectivity index (χ1n) is 7.15. The summed E-state index contributed by atoms with van der Waals surface area (Å²) < 4.78 is 3.51. The molecule has 0 radical (unpaired) electrons. The fourth-order valence-electron chi connectivity index (χ4n) is 2.37. The molecule has 0 bridgehead atoms. The van der Waals surface area contributed by atoms with E-state index in [9.17, 15) is 9.90 Å². The van der Waals surface area contributed by atoms with Crippen molar-refractivity contribution >= 4 is 5.91 Å². The Balaban J connectivity index is 2.33. The molecule has 2 aromatic heterocycles. The van der Waals surface area contributed by atoms with Gasteiger partial charge in [0.1, 0.15) is 11.4 Å². The fourth-order valence-corrected chi connectivity index (χ4v) is 2.37. The summed E-state index contributed by atoms with van der Waals surface area (Å²) in [6.45, 7) is 3.83. The third-order valence-electron chi connectivity index (χ3n) is 4.04. The third-order valence-corrected chi connectivity index (χ3v) is 4.04. The smallest absolute Gasteiger partial charge is 0.257 e. The number of amides is 1. The van der Waals surface area contributed by atoms with Crippen LogP contribution in [-0.2, 0) is 7.05 Å². The van der Waals surface area contributed by atoms with Crippen molar-refractivity contribution in [1.82, 2.24) is 19.7 Å². The Bertz CT molecular complexity index is 589. The lowest BCUT2D eigenvalue weighted by Gasteiger charge is -2.30. The van der Waals surface area contributed by atoms with Crippen molar-refractivity contribution < 1.29 is 9.90 Å². The van der Waals surface area contributed by atoms with Crippen LogP contribution in [0, 0.1) is 0 Å². The van der Waals surface area contributed by atoms with E-state index in [1.165, 1.54) is 0 Å². The normalized spacial score (nSPS) is 11.6. The number of aryl methyl sites for hydroxylation is 1. The summed E-state index contributed by atoms with van der Waals surface area (Å²) in [7, 11) is 1.80. The molecule has 2 N–H and O–H groups in total. The number of aromatic nitrogens is 3. The van der Waals surface area contributed by atoms with Gasteiger partial charge in [0.2, 0.25) is 0 Å². The first-order chi connectivity index (χ1) is 10.1. The van der Waals surface area contributed by atoms with Crippen molar-refractivity contribution in [3.8, 4) is 5.82 Å². The summed E-state index contributed by atoms with van der Waals surface area (Å²) >= 11 is 0. The monoisotopic (exact) mass is 290 g/mol. The van der Waals surface area contributed by atoms with Crippen LogP contribution >= 0.6 is 0 Å². The largest absolute Gasteiger partial charge is 0.394 e. The van der Waals surface area contributed by atoms with Gasteiger partial charge in [-0.3, -0.25) is 9.48 Å². The van der Waals surface area contributed by atoms with Gasteiger partial charge in [-0.05, 0) is 25.0 Å². The molecule has 0 unspecified atom stereocenters. The number of carbonyl (C=O) groups is 1. The highest BCUT2D eigenvalue weighted by Crippen LogP contribution is 2.18. The van der Waals surface area contributed by atoms with Crippen LogP contribution in [0.15, 0.2) is 30.7 Å². The van der Waals surface area contributed by atoms with Crippen LogP contribution in [0.25, 0.3) is 5.82 Å². The highest BCUT2D eigenvalue weighted by atomic mass is 16.3. The molecule has 0 atom stereocenters. The van der Waals surface area contributed by atoms with E-state index in [0.717, 1.165) is 0 Å². The van der Waals surface area contributed by atoms with Crippen molar-refractivity contribution in [2.24, 2.45) is 7.05 Å². The molecule has 1 amide bonds. The molecular formula is C15H22N4O2. The SMILES string of the molecule is CCC(CC)(CO)NC(=O)c1cnn(C)c1-n1cccc1. The summed E-state index contributed by atoms with van der Waals surface area (Å²) in [6.07, 6.45) is 6.63. The molecule has 6 heteroatoms. The minimum atomic E-state index is -0.582. The first kappa shape index (κ1) is 15.3. The Morgan fingerprint density at radius 2 is 1.95 bits per heavy atom. The van der Waals surface area contributed by atoms with Crippen molar-refractivity contribution in [2.75, 3.05) is 6.61 Å². The summed E-state index contributed by atoms with van der Waals surface area (Å²) in [5.74, 6) is 0.487. The van der Waals surface area contributed by atoms with Crippen molar-refractivity contribution in [1.29, 1.82) is 0 Å². The Labute approximate surface area is 124 Å². The van der Waals surface area contributed by atoms with Crippen LogP contribution in [0.1, 0.15) is 37.0 Å². The van der Waals surface area contributed by atoms with Crippen LogP contribution in [0.3, 0.4) is 0 Å². The molecule has 114 valence electrons. The van der Waals surface area contributed by atoms with Crippen molar-refractivity contribution in [2.45, 2.75) is 32.2 Å². The molecule has 0 aliphatic heterocycles. The Kier molecular flexibility index (Phi) is 4.47. The second-order valence-electron chi connectivity index (χ2n) is 5.20. The van der Waals surface area contributed by atoms with Crippen molar-refractivity contribution in [3.05, 3.63) is 36.3 Å². The summed E-state index contributed by atoms with van der Waals surface area (Å²) in [4.78, 5) is 12.6. The number of nitrogens with zero attached hydrogens (tertiary/aromatic N) is 3. The van der Waals surface area contributed by atoms with E-state index in [1.807, 2.05) is 42.9 Å². The zero-order valence-corrected chi connectivity index (χ0v) is 12.7. The molecule has 0 aromatic carbocycles. The van der Waals surface area contributed by atoms with Gasteiger partial charge >= 0.3 is 0 Å². The molecule has 6 nitrogen and oxygen atoms in total. The second kappa shape index (κ2) is 6.13. The molecule has 0 aliphatic rings. The number of rotatable bonds is 6. The van der Waals surface area contributed by atoms with Gasteiger partial charge in [0, 0.05) is 19.4 Å². The van der Waals surface area contributed by atoms with E-state index >= 15 is 0 Å². The van der Waals surface area contributed by atoms with Gasteiger partial charge in [0.25, 0.3) is 5.91 Å². The van der Waals surface area contributed by atoms with Gasteiger partial charge in [-0.2, -0.15) is 5.10 Å². The number of aliphatic hydroxyl groups is 1. The minimum absolute atomic E-state index is 0.0785. The summed E-state index contributed by atoms with van der Waals surface area (Å²) in [5.41, 5.74) is -0.0885. The number of hydrogen-bond donors (Lipinski definition) is 2. The Morgan fingerprint density at radius 3 is 2.48 bits per heavy atom. The van der Waals surface area contributed by atoms with Crippen LogP contribution < -0.4 is 5.32 Å². The molecule has 0 aliphatic carbocycles. The molecular weight excluding hydrogens is 268 g/mol. The standard InChI is InChI=1S/C15H22N4O2/c1-4-15(5-2,11-20)17-13(21)12-10-16-18(3)14(12)19-8-6-7-9-19/h6-10,20H,4-5,11H2,1-3H3,(H,17,21). The molecule has 0 spiro atoms. The Morgan fingerprint density at radius 1 is 1.33 bits per heavy atom. The predicted octanol–water partition coefficient (Wildman–Crippen LogP) is 1.49.